The van der Waals surface area contributed by atoms with E-state index in [2.05, 4.69) is 24.1 Å². The van der Waals surface area contributed by atoms with Crippen LogP contribution in [0.4, 0.5) is 10.5 Å². The number of nitrogens with zero attached hydrogens (tertiary/aromatic N) is 3. The Balaban J connectivity index is 1.37. The van der Waals surface area contributed by atoms with E-state index in [0.29, 0.717) is 31.2 Å². The van der Waals surface area contributed by atoms with Crippen LogP contribution in [0, 0.1) is 11.3 Å². The number of hydrogen-bond donors (Lipinski definition) is 1. The number of barbiturate groups is 1. The van der Waals surface area contributed by atoms with Crippen molar-refractivity contribution in [3.8, 4) is 0 Å². The second kappa shape index (κ2) is 10.2. The number of hydrogen-bond acceptors (Lipinski definition) is 5. The second-order valence-corrected chi connectivity index (χ2v) is 11.8. The number of piperidine rings is 1. The molecule has 4 heterocycles. The zero-order valence-electron chi connectivity index (χ0n) is 22.9. The maximum absolute atomic E-state index is 14.4. The van der Waals surface area contributed by atoms with E-state index < -0.39 is 23.3 Å². The van der Waals surface area contributed by atoms with Gasteiger partial charge in [-0.25, -0.2) is 9.69 Å². The summed E-state index contributed by atoms with van der Waals surface area (Å²) in [5.41, 5.74) is 2.00. The number of pyridine rings is 1. The van der Waals surface area contributed by atoms with Crippen LogP contribution in [0.15, 0.2) is 77.6 Å². The number of urea groups is 1. The third kappa shape index (κ3) is 4.56. The van der Waals surface area contributed by atoms with Crippen molar-refractivity contribution in [1.82, 2.24) is 14.8 Å². The fourth-order valence-corrected chi connectivity index (χ4v) is 6.71. The second-order valence-electron chi connectivity index (χ2n) is 11.8. The highest BCUT2D eigenvalue weighted by molar-refractivity contribution is 6.30. The molecule has 1 aromatic heterocycles. The minimum absolute atomic E-state index is 0.0146. The molecule has 3 aromatic rings. The van der Waals surface area contributed by atoms with E-state index in [0.717, 1.165) is 22.6 Å². The van der Waals surface area contributed by atoms with Crippen LogP contribution in [0.25, 0.3) is 0 Å². The summed E-state index contributed by atoms with van der Waals surface area (Å²) >= 11 is 0. The smallest absolute Gasteiger partial charge is 0.312 e. The molecule has 1 N–H and O–H groups in total. The number of fused-ring (bicyclic) bond motifs is 4. The van der Waals surface area contributed by atoms with Crippen molar-refractivity contribution in [2.75, 3.05) is 24.5 Å². The molecule has 0 radical (unpaired) electrons. The molecule has 206 valence electrons. The Labute approximate surface area is 233 Å². The van der Waals surface area contributed by atoms with Crippen LogP contribution in [0.3, 0.4) is 0 Å². The van der Waals surface area contributed by atoms with Gasteiger partial charge in [0.05, 0.1) is 5.69 Å². The van der Waals surface area contributed by atoms with Gasteiger partial charge >= 0.3 is 6.03 Å². The van der Waals surface area contributed by atoms with E-state index in [1.54, 1.807) is 36.4 Å². The largest absolute Gasteiger partial charge is 0.335 e. The van der Waals surface area contributed by atoms with Crippen LogP contribution in [0.5, 0.6) is 0 Å². The molecule has 2 saturated heterocycles. The fourth-order valence-electron chi connectivity index (χ4n) is 6.71. The molecule has 8 heteroatoms. The molecule has 3 aliphatic heterocycles. The molecule has 2 fully saturated rings. The zero-order valence-corrected chi connectivity index (χ0v) is 22.9. The number of para-hydroxylation sites is 1. The highest BCUT2D eigenvalue weighted by Crippen LogP contribution is 2.39. The lowest BCUT2D eigenvalue weighted by Gasteiger charge is -2.47. The molecule has 40 heavy (non-hydrogen) atoms. The summed E-state index contributed by atoms with van der Waals surface area (Å²) in [5.74, 6) is -0.334. The average molecular weight is 539 g/mol. The first-order valence-corrected chi connectivity index (χ1v) is 14.0. The first-order chi connectivity index (χ1) is 19.2. The lowest BCUT2D eigenvalue weighted by Crippen LogP contribution is -2.68. The number of anilines is 1. The average Bonchev–Trinajstić information content (AvgIpc) is 2.93. The third-order valence-corrected chi connectivity index (χ3v) is 8.69. The van der Waals surface area contributed by atoms with Crippen molar-refractivity contribution in [2.45, 2.75) is 45.1 Å². The molecule has 0 unspecified atom stereocenters. The Morgan fingerprint density at radius 1 is 0.875 bits per heavy atom. The van der Waals surface area contributed by atoms with Crippen molar-refractivity contribution in [2.24, 2.45) is 11.3 Å². The van der Waals surface area contributed by atoms with E-state index in [9.17, 15) is 19.2 Å². The Morgan fingerprint density at radius 2 is 1.62 bits per heavy atom. The maximum Gasteiger partial charge on any atom is 0.335 e. The molecule has 2 bridgehead atoms. The van der Waals surface area contributed by atoms with Crippen LogP contribution < -0.4 is 15.8 Å². The van der Waals surface area contributed by atoms with Crippen molar-refractivity contribution in [1.29, 1.82) is 0 Å². The molecule has 3 aliphatic rings. The first kappa shape index (κ1) is 26.2. The number of likely N-dealkylation sites (tertiary alicyclic amines) is 1. The molecule has 2 aromatic carbocycles. The van der Waals surface area contributed by atoms with Crippen LogP contribution >= 0.6 is 0 Å². The van der Waals surface area contributed by atoms with E-state index in [1.165, 1.54) is 5.56 Å². The Hall–Kier alpha value is -4.04. The SMILES string of the molecule is CC(C)c1ccc(C[C@]2(CN3C[C@@H]4C[C@H](C3)c3cccc(=O)n3C4)C(=O)NC(=O)N(c3ccccc3)C2=O)cc1. The minimum atomic E-state index is -1.49. The number of amides is 4. The first-order valence-electron chi connectivity index (χ1n) is 14.0. The molecule has 3 atom stereocenters. The predicted molar refractivity (Wildman–Crippen MR) is 152 cm³/mol. The van der Waals surface area contributed by atoms with Gasteiger partial charge in [0.25, 0.3) is 11.5 Å². The Morgan fingerprint density at radius 3 is 2.35 bits per heavy atom. The zero-order chi connectivity index (χ0) is 28.0. The number of carbonyl (C=O) groups is 3. The van der Waals surface area contributed by atoms with E-state index in [4.69, 9.17) is 0 Å². The summed E-state index contributed by atoms with van der Waals surface area (Å²) in [4.78, 5) is 57.0. The van der Waals surface area contributed by atoms with Gasteiger partial charge in [0.15, 0.2) is 0 Å². The maximum atomic E-state index is 14.4. The Kier molecular flexibility index (Phi) is 6.66. The van der Waals surface area contributed by atoms with Gasteiger partial charge in [-0.05, 0) is 54.0 Å². The minimum Gasteiger partial charge on any atom is -0.312 e. The summed E-state index contributed by atoms with van der Waals surface area (Å²) in [6.45, 7) is 6.36. The van der Waals surface area contributed by atoms with Crippen molar-refractivity contribution in [3.05, 3.63) is 100.0 Å². The highest BCUT2D eigenvalue weighted by Gasteiger charge is 2.55. The van der Waals surface area contributed by atoms with Crippen LogP contribution in [-0.2, 0) is 22.6 Å². The number of carbonyl (C=O) groups excluding carboxylic acids is 3. The van der Waals surface area contributed by atoms with Gasteiger partial charge in [0.1, 0.15) is 5.41 Å². The van der Waals surface area contributed by atoms with Crippen molar-refractivity contribution in [3.63, 3.8) is 0 Å². The lowest BCUT2D eigenvalue weighted by atomic mass is 9.75. The number of aromatic nitrogens is 1. The van der Waals surface area contributed by atoms with Gasteiger partial charge in [-0.2, -0.15) is 0 Å². The quantitative estimate of drug-likeness (QED) is 0.481. The third-order valence-electron chi connectivity index (χ3n) is 8.69. The molecule has 6 rings (SSSR count). The van der Waals surface area contributed by atoms with Gasteiger partial charge in [-0.15, -0.1) is 0 Å². The van der Waals surface area contributed by atoms with Gasteiger partial charge in [-0.1, -0.05) is 62.4 Å². The molecule has 0 saturated carbocycles. The van der Waals surface area contributed by atoms with Crippen LogP contribution in [0.1, 0.15) is 48.9 Å². The van der Waals surface area contributed by atoms with Gasteiger partial charge in [0, 0.05) is 43.9 Å². The number of benzene rings is 2. The summed E-state index contributed by atoms with van der Waals surface area (Å²) in [7, 11) is 0. The molecule has 0 aliphatic carbocycles. The lowest BCUT2D eigenvalue weighted by molar-refractivity contribution is -0.144. The monoisotopic (exact) mass is 538 g/mol. The van der Waals surface area contributed by atoms with Crippen molar-refractivity contribution >= 4 is 23.5 Å². The van der Waals surface area contributed by atoms with Gasteiger partial charge < -0.3 is 9.47 Å². The van der Waals surface area contributed by atoms with Gasteiger partial charge in [0.2, 0.25) is 5.91 Å². The number of nitrogens with one attached hydrogen (secondary N) is 1. The number of imide groups is 2. The number of rotatable bonds is 6. The molecule has 0 spiro atoms. The van der Waals surface area contributed by atoms with Crippen LogP contribution in [-0.4, -0.2) is 46.9 Å². The summed E-state index contributed by atoms with van der Waals surface area (Å²) < 4.78 is 1.87. The van der Waals surface area contributed by atoms with Crippen LogP contribution in [0.2, 0.25) is 0 Å². The normalized spacial score (nSPS) is 24.7. The van der Waals surface area contributed by atoms with E-state index >= 15 is 0 Å². The molecule has 4 amide bonds. The standard InChI is InChI=1S/C32H34N4O4/c1-21(2)24-13-11-22(12-14-24)16-32(29(38)33-31(40)36(30(32)39)26-7-4-3-5-8-26)20-34-17-23-15-25(19-34)27-9-6-10-28(37)35(27)18-23/h3-14,21,23,25H,15-20H2,1-2H3,(H,33,38,40)/t23-,25+,32-/m0/s1. The summed E-state index contributed by atoms with van der Waals surface area (Å²) in [5, 5.41) is 2.52. The predicted octanol–water partition coefficient (Wildman–Crippen LogP) is 3.90. The molecule has 8 nitrogen and oxygen atoms in total. The summed E-state index contributed by atoms with van der Waals surface area (Å²) in [6.07, 6.45) is 1.15. The summed E-state index contributed by atoms with van der Waals surface area (Å²) in [6, 6.07) is 21.5. The van der Waals surface area contributed by atoms with E-state index in [-0.39, 0.29) is 30.4 Å². The Bertz CT molecular complexity index is 1510. The van der Waals surface area contributed by atoms with E-state index in [1.807, 2.05) is 41.0 Å². The van der Waals surface area contributed by atoms with Gasteiger partial charge in [-0.3, -0.25) is 19.7 Å². The van der Waals surface area contributed by atoms with Crippen molar-refractivity contribution < 1.29 is 14.4 Å². The highest BCUT2D eigenvalue weighted by atomic mass is 16.2. The fraction of sp³-hybridized carbons (Fsp3) is 0.375. The molecular weight excluding hydrogens is 504 g/mol. The topological polar surface area (TPSA) is 91.7 Å². The molecular formula is C32H34N4O4.